The van der Waals surface area contributed by atoms with Gasteiger partial charge in [0.05, 0.1) is 10.5 Å². The minimum absolute atomic E-state index is 0.0436. The van der Waals surface area contributed by atoms with Crippen LogP contribution in [0.15, 0.2) is 46.9 Å². The van der Waals surface area contributed by atoms with Crippen LogP contribution in [-0.2, 0) is 11.3 Å². The molecule has 0 bridgehead atoms. The van der Waals surface area contributed by atoms with E-state index in [2.05, 4.69) is 15.9 Å². The van der Waals surface area contributed by atoms with Gasteiger partial charge in [0.15, 0.2) is 0 Å². The normalized spacial score (nSPS) is 10.2. The summed E-state index contributed by atoms with van der Waals surface area (Å²) in [5, 5.41) is 10.5. The molecule has 0 saturated heterocycles. The van der Waals surface area contributed by atoms with Gasteiger partial charge in [-0.15, -0.1) is 0 Å². The number of nitrogens with zero attached hydrogens (tertiary/aromatic N) is 1. The Morgan fingerprint density at radius 3 is 2.52 bits per heavy atom. The number of hydrogen-bond donors (Lipinski definition) is 0. The third kappa shape index (κ3) is 3.85. The van der Waals surface area contributed by atoms with Gasteiger partial charge in [0, 0.05) is 16.6 Å². The molecule has 2 aromatic carbocycles. The molecule has 2 rings (SSSR count). The van der Waals surface area contributed by atoms with Gasteiger partial charge in [-0.3, -0.25) is 10.1 Å². The SMILES string of the molecule is O=C(OCc1ccc([N+](=O)[O-])cc1)c1cc(F)ccc1Br. The smallest absolute Gasteiger partial charge is 0.339 e. The van der Waals surface area contributed by atoms with Gasteiger partial charge in [-0.05, 0) is 51.8 Å². The molecule has 0 fully saturated rings. The van der Waals surface area contributed by atoms with Crippen LogP contribution in [0, 0.1) is 15.9 Å². The largest absolute Gasteiger partial charge is 0.457 e. The third-order valence-electron chi connectivity index (χ3n) is 2.67. The molecule has 0 aliphatic carbocycles. The van der Waals surface area contributed by atoms with E-state index in [4.69, 9.17) is 4.74 Å². The summed E-state index contributed by atoms with van der Waals surface area (Å²) in [6, 6.07) is 9.33. The number of non-ortho nitro benzene ring substituents is 1. The van der Waals surface area contributed by atoms with Crippen LogP contribution in [0.5, 0.6) is 0 Å². The molecule has 0 spiro atoms. The lowest BCUT2D eigenvalue weighted by Crippen LogP contribution is -2.06. The van der Waals surface area contributed by atoms with Gasteiger partial charge in [0.1, 0.15) is 12.4 Å². The molecule has 0 unspecified atom stereocenters. The third-order valence-corrected chi connectivity index (χ3v) is 3.36. The van der Waals surface area contributed by atoms with Crippen LogP contribution >= 0.6 is 15.9 Å². The highest BCUT2D eigenvalue weighted by molar-refractivity contribution is 9.10. The molecule has 0 aromatic heterocycles. The van der Waals surface area contributed by atoms with Crippen LogP contribution in [0.2, 0.25) is 0 Å². The first kappa shape index (κ1) is 15.1. The van der Waals surface area contributed by atoms with Gasteiger partial charge in [-0.25, -0.2) is 9.18 Å². The van der Waals surface area contributed by atoms with Crippen LogP contribution in [-0.4, -0.2) is 10.9 Å². The van der Waals surface area contributed by atoms with Crippen molar-refractivity contribution in [1.29, 1.82) is 0 Å². The van der Waals surface area contributed by atoms with Crippen LogP contribution in [0.1, 0.15) is 15.9 Å². The van der Waals surface area contributed by atoms with Crippen molar-refractivity contribution in [1.82, 2.24) is 0 Å². The van der Waals surface area contributed by atoms with Crippen LogP contribution in [0.25, 0.3) is 0 Å². The van der Waals surface area contributed by atoms with Crippen molar-refractivity contribution in [3.05, 3.63) is 74.0 Å². The Morgan fingerprint density at radius 2 is 1.90 bits per heavy atom. The van der Waals surface area contributed by atoms with Crippen molar-refractivity contribution in [2.75, 3.05) is 0 Å². The van der Waals surface area contributed by atoms with Crippen molar-refractivity contribution in [2.45, 2.75) is 6.61 Å². The van der Waals surface area contributed by atoms with Crippen molar-refractivity contribution >= 4 is 27.6 Å². The Kier molecular flexibility index (Phi) is 4.64. The Bertz CT molecular complexity index is 688. The first-order valence-electron chi connectivity index (χ1n) is 5.83. The highest BCUT2D eigenvalue weighted by Crippen LogP contribution is 2.19. The average Bonchev–Trinajstić information content (AvgIpc) is 2.47. The van der Waals surface area contributed by atoms with E-state index in [1.807, 2.05) is 0 Å². The number of benzene rings is 2. The van der Waals surface area contributed by atoms with Crippen molar-refractivity contribution in [2.24, 2.45) is 0 Å². The first-order valence-corrected chi connectivity index (χ1v) is 6.62. The fourth-order valence-corrected chi connectivity index (χ4v) is 2.00. The first-order chi connectivity index (χ1) is 9.97. The van der Waals surface area contributed by atoms with Gasteiger partial charge in [0.2, 0.25) is 0 Å². The second kappa shape index (κ2) is 6.45. The van der Waals surface area contributed by atoms with E-state index in [1.54, 1.807) is 0 Å². The van der Waals surface area contributed by atoms with Crippen LogP contribution < -0.4 is 0 Å². The van der Waals surface area contributed by atoms with Crippen LogP contribution in [0.3, 0.4) is 0 Å². The van der Waals surface area contributed by atoms with E-state index >= 15 is 0 Å². The van der Waals surface area contributed by atoms with Gasteiger partial charge < -0.3 is 4.74 Å². The molecule has 0 radical (unpaired) electrons. The zero-order valence-corrected chi connectivity index (χ0v) is 12.2. The predicted octanol–water partition coefficient (Wildman–Crippen LogP) is 3.85. The summed E-state index contributed by atoms with van der Waals surface area (Å²) < 4.78 is 18.6. The fraction of sp³-hybridized carbons (Fsp3) is 0.0714. The summed E-state index contributed by atoms with van der Waals surface area (Å²) in [5.74, 6) is -1.22. The Morgan fingerprint density at radius 1 is 1.24 bits per heavy atom. The Labute approximate surface area is 127 Å². The second-order valence-corrected chi connectivity index (χ2v) is 4.98. The Balaban J connectivity index is 2.04. The number of nitro benzene ring substituents is 1. The summed E-state index contributed by atoms with van der Waals surface area (Å²) >= 11 is 3.14. The molecule has 2 aromatic rings. The van der Waals surface area contributed by atoms with Gasteiger partial charge in [0.25, 0.3) is 5.69 Å². The van der Waals surface area contributed by atoms with Crippen molar-refractivity contribution in [3.8, 4) is 0 Å². The molecule has 0 aliphatic heterocycles. The maximum Gasteiger partial charge on any atom is 0.339 e. The molecular weight excluding hydrogens is 345 g/mol. The predicted molar refractivity (Wildman–Crippen MR) is 76.3 cm³/mol. The van der Waals surface area contributed by atoms with E-state index < -0.39 is 16.7 Å². The van der Waals surface area contributed by atoms with E-state index in [-0.39, 0.29) is 17.9 Å². The quantitative estimate of drug-likeness (QED) is 0.475. The van der Waals surface area contributed by atoms with Crippen LogP contribution in [0.4, 0.5) is 10.1 Å². The number of ether oxygens (including phenoxy) is 1. The zero-order valence-electron chi connectivity index (χ0n) is 10.6. The second-order valence-electron chi connectivity index (χ2n) is 4.12. The summed E-state index contributed by atoms with van der Waals surface area (Å²) in [4.78, 5) is 21.8. The van der Waals surface area contributed by atoms with E-state index in [9.17, 15) is 19.3 Å². The molecule has 0 heterocycles. The maximum atomic E-state index is 13.1. The number of nitro groups is 1. The standard InChI is InChI=1S/C14H9BrFNO4/c15-13-6-3-10(16)7-12(13)14(18)21-8-9-1-4-11(5-2-9)17(19)20/h1-7H,8H2. The van der Waals surface area contributed by atoms with Crippen molar-refractivity contribution < 1.29 is 18.8 Å². The lowest BCUT2D eigenvalue weighted by atomic mass is 10.2. The number of carbonyl (C=O) groups excluding carboxylic acids is 1. The molecule has 7 heteroatoms. The minimum Gasteiger partial charge on any atom is -0.457 e. The maximum absolute atomic E-state index is 13.1. The molecule has 5 nitrogen and oxygen atoms in total. The van der Waals surface area contributed by atoms with Gasteiger partial charge in [-0.1, -0.05) is 0 Å². The number of hydrogen-bond acceptors (Lipinski definition) is 4. The molecule has 21 heavy (non-hydrogen) atoms. The van der Waals surface area contributed by atoms with Gasteiger partial charge in [-0.2, -0.15) is 0 Å². The molecule has 0 amide bonds. The van der Waals surface area contributed by atoms with Crippen molar-refractivity contribution in [3.63, 3.8) is 0 Å². The molecule has 108 valence electrons. The number of rotatable bonds is 4. The highest BCUT2D eigenvalue weighted by atomic mass is 79.9. The zero-order chi connectivity index (χ0) is 15.4. The topological polar surface area (TPSA) is 69.4 Å². The summed E-state index contributed by atoms with van der Waals surface area (Å²) in [5.41, 5.74) is 0.635. The number of carbonyl (C=O) groups is 1. The minimum atomic E-state index is -0.681. The summed E-state index contributed by atoms with van der Waals surface area (Å²) in [7, 11) is 0. The van der Waals surface area contributed by atoms with E-state index in [1.165, 1.54) is 36.4 Å². The molecule has 0 N–H and O–H groups in total. The molecular formula is C14H9BrFNO4. The van der Waals surface area contributed by atoms with Gasteiger partial charge >= 0.3 is 5.97 Å². The van der Waals surface area contributed by atoms with E-state index in [0.717, 1.165) is 6.07 Å². The monoisotopic (exact) mass is 353 g/mol. The molecule has 0 atom stereocenters. The number of halogens is 2. The summed E-state index contributed by atoms with van der Waals surface area (Å²) in [6.45, 7) is -0.0558. The fourth-order valence-electron chi connectivity index (χ4n) is 1.59. The molecule has 0 saturated carbocycles. The highest BCUT2D eigenvalue weighted by Gasteiger charge is 2.13. The lowest BCUT2D eigenvalue weighted by molar-refractivity contribution is -0.384. The lowest BCUT2D eigenvalue weighted by Gasteiger charge is -2.06. The average molecular weight is 354 g/mol. The molecule has 0 aliphatic rings. The van der Waals surface area contributed by atoms with E-state index in [0.29, 0.717) is 10.0 Å². The Hall–Kier alpha value is -2.28. The summed E-state index contributed by atoms with van der Waals surface area (Å²) in [6.07, 6.45) is 0. The number of esters is 1.